The van der Waals surface area contributed by atoms with Crippen LogP contribution in [0.15, 0.2) is 36.5 Å². The van der Waals surface area contributed by atoms with Gasteiger partial charge in [-0.2, -0.15) is 0 Å². The highest BCUT2D eigenvalue weighted by atomic mass is 16.5. The topological polar surface area (TPSA) is 121 Å². The maximum absolute atomic E-state index is 12.8. The lowest BCUT2D eigenvalue weighted by Crippen LogP contribution is -2.50. The zero-order chi connectivity index (χ0) is 20.7. The molecule has 148 valence electrons. The number of ether oxygens (including phenoxy) is 3. The van der Waals surface area contributed by atoms with Gasteiger partial charge < -0.3 is 19.5 Å². The van der Waals surface area contributed by atoms with Gasteiger partial charge in [0.2, 0.25) is 0 Å². The number of carbonyl (C=O) groups is 4. The number of nitrogens with zero attached hydrogens (tertiary/aromatic N) is 1. The van der Waals surface area contributed by atoms with E-state index in [0.29, 0.717) is 5.52 Å². The Labute approximate surface area is 161 Å². The summed E-state index contributed by atoms with van der Waals surface area (Å²) in [6.07, 6.45) is 1.06. The molecule has 0 unspecified atom stereocenters. The molecule has 1 aromatic heterocycles. The van der Waals surface area contributed by atoms with Crippen molar-refractivity contribution in [1.82, 2.24) is 10.3 Å². The van der Waals surface area contributed by atoms with Crippen LogP contribution in [0.25, 0.3) is 10.9 Å². The standard InChI is InChI=1S/C19H20N2O7/c1-26-14(22)10-13(18(24)27-2)16(19(25)28-3)21-17(23)12-8-4-6-11-7-5-9-20-15(11)12/h4-9,13,16H,10H2,1-3H3,(H,21,23)/t13-,16+/m0/s1. The molecule has 0 aliphatic carbocycles. The Kier molecular flexibility index (Phi) is 7.02. The van der Waals surface area contributed by atoms with E-state index in [2.05, 4.69) is 19.8 Å². The van der Waals surface area contributed by atoms with Crippen LogP contribution in [0.5, 0.6) is 0 Å². The molecule has 1 aromatic carbocycles. The molecule has 0 saturated carbocycles. The van der Waals surface area contributed by atoms with Crippen molar-refractivity contribution in [3.05, 3.63) is 42.1 Å². The molecule has 0 aliphatic rings. The van der Waals surface area contributed by atoms with Crippen LogP contribution in [-0.4, -0.2) is 56.2 Å². The first-order valence-corrected chi connectivity index (χ1v) is 8.30. The van der Waals surface area contributed by atoms with Gasteiger partial charge in [0.25, 0.3) is 5.91 Å². The average Bonchev–Trinajstić information content (AvgIpc) is 2.74. The minimum Gasteiger partial charge on any atom is -0.469 e. The van der Waals surface area contributed by atoms with Gasteiger partial charge in [-0.1, -0.05) is 18.2 Å². The first-order chi connectivity index (χ1) is 13.4. The van der Waals surface area contributed by atoms with Crippen molar-refractivity contribution in [3.63, 3.8) is 0 Å². The highest BCUT2D eigenvalue weighted by Crippen LogP contribution is 2.18. The molecule has 2 rings (SSSR count). The van der Waals surface area contributed by atoms with Crippen LogP contribution in [-0.2, 0) is 28.6 Å². The zero-order valence-electron chi connectivity index (χ0n) is 15.6. The molecular formula is C19H20N2O7. The Bertz CT molecular complexity index is 891. The van der Waals surface area contributed by atoms with Crippen molar-refractivity contribution in [2.75, 3.05) is 21.3 Å². The molecular weight excluding hydrogens is 368 g/mol. The molecule has 1 N–H and O–H groups in total. The molecule has 0 spiro atoms. The summed E-state index contributed by atoms with van der Waals surface area (Å²) in [6, 6.07) is 7.04. The van der Waals surface area contributed by atoms with Gasteiger partial charge in [-0.25, -0.2) is 4.79 Å². The van der Waals surface area contributed by atoms with Crippen LogP contribution < -0.4 is 5.32 Å². The normalized spacial score (nSPS) is 12.5. The maximum atomic E-state index is 12.8. The molecule has 28 heavy (non-hydrogen) atoms. The van der Waals surface area contributed by atoms with E-state index in [9.17, 15) is 19.2 Å². The van der Waals surface area contributed by atoms with Gasteiger partial charge in [0.1, 0.15) is 6.04 Å². The third-order valence-corrected chi connectivity index (χ3v) is 4.14. The van der Waals surface area contributed by atoms with E-state index in [1.54, 1.807) is 24.3 Å². The smallest absolute Gasteiger partial charge is 0.329 e. The van der Waals surface area contributed by atoms with Gasteiger partial charge in [-0.05, 0) is 12.1 Å². The predicted molar refractivity (Wildman–Crippen MR) is 97.2 cm³/mol. The van der Waals surface area contributed by atoms with E-state index in [0.717, 1.165) is 26.7 Å². The molecule has 9 nitrogen and oxygen atoms in total. The summed E-state index contributed by atoms with van der Waals surface area (Å²) in [5.41, 5.74) is 0.627. The molecule has 9 heteroatoms. The number of aromatic nitrogens is 1. The highest BCUT2D eigenvalue weighted by molar-refractivity contribution is 6.07. The van der Waals surface area contributed by atoms with Gasteiger partial charge in [-0.15, -0.1) is 0 Å². The Morgan fingerprint density at radius 1 is 0.964 bits per heavy atom. The Morgan fingerprint density at radius 2 is 1.64 bits per heavy atom. The first kappa shape index (κ1) is 20.8. The number of esters is 3. The lowest BCUT2D eigenvalue weighted by Gasteiger charge is -2.23. The summed E-state index contributed by atoms with van der Waals surface area (Å²) < 4.78 is 13.9. The Hall–Kier alpha value is -3.49. The molecule has 1 heterocycles. The van der Waals surface area contributed by atoms with Crippen molar-refractivity contribution in [1.29, 1.82) is 0 Å². The zero-order valence-corrected chi connectivity index (χ0v) is 15.6. The Morgan fingerprint density at radius 3 is 2.29 bits per heavy atom. The fourth-order valence-electron chi connectivity index (χ4n) is 2.71. The monoisotopic (exact) mass is 388 g/mol. The van der Waals surface area contributed by atoms with Crippen LogP contribution in [0.2, 0.25) is 0 Å². The van der Waals surface area contributed by atoms with Gasteiger partial charge >= 0.3 is 17.9 Å². The van der Waals surface area contributed by atoms with Crippen molar-refractivity contribution < 1.29 is 33.4 Å². The van der Waals surface area contributed by atoms with Crippen LogP contribution in [0, 0.1) is 5.92 Å². The average molecular weight is 388 g/mol. The second-order valence-corrected chi connectivity index (χ2v) is 5.76. The molecule has 1 amide bonds. The molecule has 0 fully saturated rings. The second kappa shape index (κ2) is 9.45. The summed E-state index contributed by atoms with van der Waals surface area (Å²) in [6.45, 7) is 0. The van der Waals surface area contributed by atoms with Crippen LogP contribution in [0.3, 0.4) is 0 Å². The number of fused-ring (bicyclic) bond motifs is 1. The second-order valence-electron chi connectivity index (χ2n) is 5.76. The minimum atomic E-state index is -1.46. The van der Waals surface area contributed by atoms with Crippen LogP contribution in [0.4, 0.5) is 0 Å². The van der Waals surface area contributed by atoms with Gasteiger partial charge in [0.05, 0.1) is 44.7 Å². The van der Waals surface area contributed by atoms with E-state index < -0.39 is 42.2 Å². The third-order valence-electron chi connectivity index (χ3n) is 4.14. The number of para-hydroxylation sites is 1. The summed E-state index contributed by atoms with van der Waals surface area (Å²) >= 11 is 0. The molecule has 0 radical (unpaired) electrons. The van der Waals surface area contributed by atoms with Crippen molar-refractivity contribution in [2.24, 2.45) is 5.92 Å². The lowest BCUT2D eigenvalue weighted by atomic mass is 9.95. The number of hydrogen-bond acceptors (Lipinski definition) is 8. The summed E-state index contributed by atoms with van der Waals surface area (Å²) in [5, 5.41) is 3.18. The minimum absolute atomic E-state index is 0.202. The van der Waals surface area contributed by atoms with Crippen molar-refractivity contribution in [2.45, 2.75) is 12.5 Å². The maximum Gasteiger partial charge on any atom is 0.329 e. The van der Waals surface area contributed by atoms with Gasteiger partial charge in [0.15, 0.2) is 0 Å². The van der Waals surface area contributed by atoms with E-state index in [1.165, 1.54) is 12.3 Å². The molecule has 0 bridgehead atoms. The number of nitrogens with one attached hydrogen (secondary N) is 1. The number of pyridine rings is 1. The third kappa shape index (κ3) is 4.61. The van der Waals surface area contributed by atoms with Crippen LogP contribution >= 0.6 is 0 Å². The number of methoxy groups -OCH3 is 3. The molecule has 2 aromatic rings. The fraction of sp³-hybridized carbons (Fsp3) is 0.316. The quantitative estimate of drug-likeness (QED) is 0.548. The van der Waals surface area contributed by atoms with E-state index in [1.807, 2.05) is 0 Å². The van der Waals surface area contributed by atoms with Crippen molar-refractivity contribution in [3.8, 4) is 0 Å². The van der Waals surface area contributed by atoms with E-state index in [-0.39, 0.29) is 5.56 Å². The summed E-state index contributed by atoms with van der Waals surface area (Å²) in [4.78, 5) is 53.1. The number of amides is 1. The molecule has 0 aliphatic heterocycles. The van der Waals surface area contributed by atoms with Crippen molar-refractivity contribution >= 4 is 34.7 Å². The number of benzene rings is 1. The van der Waals surface area contributed by atoms with E-state index in [4.69, 9.17) is 4.74 Å². The SMILES string of the molecule is COC(=O)C[C@H](C(=O)OC)[C@@H](NC(=O)c1cccc2cccnc12)C(=O)OC. The number of carbonyl (C=O) groups excluding carboxylic acids is 4. The summed E-state index contributed by atoms with van der Waals surface area (Å²) in [5.74, 6) is -4.49. The van der Waals surface area contributed by atoms with E-state index >= 15 is 0 Å². The number of rotatable bonds is 7. The highest BCUT2D eigenvalue weighted by Gasteiger charge is 2.39. The largest absolute Gasteiger partial charge is 0.469 e. The molecule has 2 atom stereocenters. The van der Waals surface area contributed by atoms with Gasteiger partial charge in [0, 0.05) is 11.6 Å². The fourth-order valence-corrected chi connectivity index (χ4v) is 2.71. The lowest BCUT2D eigenvalue weighted by molar-refractivity contribution is -0.158. The number of hydrogen-bond donors (Lipinski definition) is 1. The Balaban J connectivity index is 2.39. The van der Waals surface area contributed by atoms with Crippen LogP contribution in [0.1, 0.15) is 16.8 Å². The predicted octanol–water partition coefficient (Wildman–Crippen LogP) is 0.858. The van der Waals surface area contributed by atoms with Gasteiger partial charge in [-0.3, -0.25) is 19.4 Å². The molecule has 0 saturated heterocycles. The summed E-state index contributed by atoms with van der Waals surface area (Å²) in [7, 11) is 3.36. The first-order valence-electron chi connectivity index (χ1n) is 8.30.